The number of nitrogens with one attached hydrogen (secondary N) is 1. The topological polar surface area (TPSA) is 76.8 Å². The predicted octanol–water partition coefficient (Wildman–Crippen LogP) is 3.17. The van der Waals surface area contributed by atoms with E-state index in [1.165, 1.54) is 0 Å². The molecule has 0 bridgehead atoms. The Labute approximate surface area is 196 Å². The van der Waals surface area contributed by atoms with Gasteiger partial charge in [-0.3, -0.25) is 0 Å². The van der Waals surface area contributed by atoms with Crippen LogP contribution in [0.1, 0.15) is 22.6 Å². The second kappa shape index (κ2) is 12.3. The second-order valence-corrected chi connectivity index (χ2v) is 9.59. The molecular formula is C22H29Cl2N3O3S. The van der Waals surface area contributed by atoms with Gasteiger partial charge in [-0.1, -0.05) is 35.3 Å². The van der Waals surface area contributed by atoms with Crippen LogP contribution >= 0.6 is 23.2 Å². The highest BCUT2D eigenvalue weighted by Crippen LogP contribution is 2.38. The van der Waals surface area contributed by atoms with Crippen molar-refractivity contribution in [3.63, 3.8) is 0 Å². The van der Waals surface area contributed by atoms with Crippen molar-refractivity contribution in [3.05, 3.63) is 63.1 Å². The van der Waals surface area contributed by atoms with Crippen molar-refractivity contribution >= 4 is 34.2 Å². The van der Waals surface area contributed by atoms with Gasteiger partial charge in [-0.05, 0) is 48.0 Å². The Morgan fingerprint density at radius 2 is 1.84 bits per heavy atom. The van der Waals surface area contributed by atoms with Crippen LogP contribution in [0.3, 0.4) is 0 Å². The van der Waals surface area contributed by atoms with Crippen LogP contribution in [-0.4, -0.2) is 62.2 Å². The monoisotopic (exact) mass is 485 g/mol. The molecule has 0 fully saturated rings. The maximum Gasteiger partial charge on any atom is 0.124 e. The van der Waals surface area contributed by atoms with Gasteiger partial charge in [0.1, 0.15) is 11.0 Å². The molecule has 1 aliphatic heterocycles. The molecule has 3 N–H and O–H groups in total. The van der Waals surface area contributed by atoms with Crippen LogP contribution in [-0.2, 0) is 27.0 Å². The highest BCUT2D eigenvalue weighted by atomic mass is 35.5. The molecule has 2 aromatic rings. The van der Waals surface area contributed by atoms with Crippen molar-refractivity contribution in [3.8, 4) is 0 Å². The Morgan fingerprint density at radius 3 is 2.55 bits per heavy atom. The first-order valence-corrected chi connectivity index (χ1v) is 12.2. The number of nitrogens with zero attached hydrogens (tertiary/aromatic N) is 1. The normalized spacial score (nSPS) is 17.5. The van der Waals surface area contributed by atoms with Crippen molar-refractivity contribution < 1.29 is 13.7 Å². The van der Waals surface area contributed by atoms with Gasteiger partial charge in [-0.25, -0.2) is 8.93 Å². The SMILES string of the molecule is CN1Cc2c(Cl)cc(Cl)cc2[C@H](c2ccc(S(=O)NCCOCCOCCN)cc2)C1. The molecule has 1 aliphatic rings. The fraction of sp³-hybridized carbons (Fsp3) is 0.455. The van der Waals surface area contributed by atoms with Crippen molar-refractivity contribution in [2.24, 2.45) is 5.73 Å². The van der Waals surface area contributed by atoms with Crippen molar-refractivity contribution in [1.82, 2.24) is 9.62 Å². The molecule has 0 amide bonds. The van der Waals surface area contributed by atoms with Gasteiger partial charge in [0.05, 0.1) is 31.3 Å². The number of nitrogens with two attached hydrogens (primary N) is 1. The first-order valence-electron chi connectivity index (χ1n) is 10.3. The zero-order valence-electron chi connectivity index (χ0n) is 17.6. The lowest BCUT2D eigenvalue weighted by Gasteiger charge is -2.33. The Hall–Kier alpha value is -1.03. The summed E-state index contributed by atoms with van der Waals surface area (Å²) in [6.07, 6.45) is 0. The quantitative estimate of drug-likeness (QED) is 0.478. The molecule has 2 aromatic carbocycles. The van der Waals surface area contributed by atoms with Gasteiger partial charge >= 0.3 is 0 Å². The van der Waals surface area contributed by atoms with E-state index in [0.717, 1.165) is 34.7 Å². The first-order chi connectivity index (χ1) is 15.0. The lowest BCUT2D eigenvalue weighted by molar-refractivity contribution is 0.0531. The highest BCUT2D eigenvalue weighted by Gasteiger charge is 2.27. The van der Waals surface area contributed by atoms with Crippen LogP contribution in [0.25, 0.3) is 0 Å². The van der Waals surface area contributed by atoms with Crippen LogP contribution < -0.4 is 10.5 Å². The number of ether oxygens (including phenoxy) is 2. The lowest BCUT2D eigenvalue weighted by atomic mass is 9.85. The molecule has 31 heavy (non-hydrogen) atoms. The molecule has 170 valence electrons. The average molecular weight is 486 g/mol. The van der Waals surface area contributed by atoms with Crippen LogP contribution in [0.15, 0.2) is 41.3 Å². The summed E-state index contributed by atoms with van der Waals surface area (Å²) in [5, 5.41) is 1.35. The standard InChI is InChI=1S/C22H29Cl2N3O3S/c1-27-14-20(19-12-17(23)13-22(24)21(19)15-27)16-2-4-18(5-3-16)31(28)26-7-9-30-11-10-29-8-6-25/h2-5,12-13,20,26H,6-11,14-15,25H2,1H3/t20-,31?/m0/s1. The third-order valence-corrected chi connectivity index (χ3v) is 6.82. The number of likely N-dealkylation sites (N-methyl/N-ethyl adjacent to an activating group) is 1. The molecule has 0 saturated heterocycles. The Bertz CT molecular complexity index is 883. The van der Waals surface area contributed by atoms with E-state index >= 15 is 0 Å². The van der Waals surface area contributed by atoms with Crippen LogP contribution in [0.2, 0.25) is 10.0 Å². The predicted molar refractivity (Wildman–Crippen MR) is 126 cm³/mol. The van der Waals surface area contributed by atoms with E-state index < -0.39 is 11.0 Å². The number of hydrogen-bond donors (Lipinski definition) is 2. The summed E-state index contributed by atoms with van der Waals surface area (Å²) < 4.78 is 26.2. The van der Waals surface area contributed by atoms with Crippen molar-refractivity contribution in [2.75, 3.05) is 53.1 Å². The summed E-state index contributed by atoms with van der Waals surface area (Å²) in [5.74, 6) is 0.162. The Kier molecular flexibility index (Phi) is 9.74. The number of fused-ring (bicyclic) bond motifs is 1. The first kappa shape index (κ1) is 24.6. The summed E-state index contributed by atoms with van der Waals surface area (Å²) >= 11 is 12.7. The van der Waals surface area contributed by atoms with E-state index in [4.69, 9.17) is 38.4 Å². The third-order valence-electron chi connectivity index (χ3n) is 5.10. The number of rotatable bonds is 11. The number of hydrogen-bond acceptors (Lipinski definition) is 5. The fourth-order valence-electron chi connectivity index (χ4n) is 3.65. The van der Waals surface area contributed by atoms with Gasteiger partial charge in [-0.15, -0.1) is 0 Å². The molecule has 0 aromatic heterocycles. The van der Waals surface area contributed by atoms with Gasteiger partial charge in [0.25, 0.3) is 0 Å². The molecule has 0 saturated carbocycles. The molecule has 0 spiro atoms. The van der Waals surface area contributed by atoms with Crippen LogP contribution in [0, 0.1) is 0 Å². The third kappa shape index (κ3) is 6.97. The van der Waals surface area contributed by atoms with E-state index in [0.29, 0.717) is 49.6 Å². The van der Waals surface area contributed by atoms with E-state index in [9.17, 15) is 4.21 Å². The van der Waals surface area contributed by atoms with Crippen LogP contribution in [0.4, 0.5) is 0 Å². The largest absolute Gasteiger partial charge is 0.378 e. The minimum Gasteiger partial charge on any atom is -0.378 e. The van der Waals surface area contributed by atoms with E-state index in [1.807, 2.05) is 30.3 Å². The number of benzene rings is 2. The second-order valence-electron chi connectivity index (χ2n) is 7.45. The van der Waals surface area contributed by atoms with E-state index in [2.05, 4.69) is 16.7 Å². The smallest absolute Gasteiger partial charge is 0.124 e. The van der Waals surface area contributed by atoms with Gasteiger partial charge < -0.3 is 20.1 Å². The van der Waals surface area contributed by atoms with E-state index in [-0.39, 0.29) is 5.92 Å². The highest BCUT2D eigenvalue weighted by molar-refractivity contribution is 7.83. The summed E-state index contributed by atoms with van der Waals surface area (Å²) in [4.78, 5) is 2.98. The maximum absolute atomic E-state index is 12.5. The van der Waals surface area contributed by atoms with Gasteiger partial charge in [-0.2, -0.15) is 0 Å². The molecule has 3 rings (SSSR count). The fourth-order valence-corrected chi connectivity index (χ4v) is 5.04. The zero-order chi connectivity index (χ0) is 22.2. The minimum absolute atomic E-state index is 0.162. The molecular weight excluding hydrogens is 457 g/mol. The molecule has 0 radical (unpaired) electrons. The zero-order valence-corrected chi connectivity index (χ0v) is 19.9. The summed E-state index contributed by atoms with van der Waals surface area (Å²) in [6.45, 7) is 4.67. The Balaban J connectivity index is 1.56. The molecule has 0 aliphatic carbocycles. The maximum atomic E-state index is 12.5. The molecule has 1 heterocycles. The van der Waals surface area contributed by atoms with Gasteiger partial charge in [0.15, 0.2) is 0 Å². The summed E-state index contributed by atoms with van der Waals surface area (Å²) in [6, 6.07) is 11.7. The molecule has 2 atom stereocenters. The Morgan fingerprint density at radius 1 is 1.13 bits per heavy atom. The van der Waals surface area contributed by atoms with Crippen molar-refractivity contribution in [2.45, 2.75) is 17.4 Å². The minimum atomic E-state index is -1.30. The summed E-state index contributed by atoms with van der Waals surface area (Å²) in [5.41, 5.74) is 8.77. The molecule has 1 unspecified atom stereocenters. The molecule has 6 nitrogen and oxygen atoms in total. The van der Waals surface area contributed by atoms with Gasteiger partial charge in [0.2, 0.25) is 0 Å². The summed E-state index contributed by atoms with van der Waals surface area (Å²) in [7, 11) is 0.787. The van der Waals surface area contributed by atoms with Crippen molar-refractivity contribution in [1.29, 1.82) is 0 Å². The van der Waals surface area contributed by atoms with Crippen LogP contribution in [0.5, 0.6) is 0 Å². The average Bonchev–Trinajstić information content (AvgIpc) is 2.75. The molecule has 9 heteroatoms. The number of halogens is 2. The van der Waals surface area contributed by atoms with Gasteiger partial charge in [0, 0.05) is 42.1 Å². The lowest BCUT2D eigenvalue weighted by Crippen LogP contribution is -2.31. The van der Waals surface area contributed by atoms with E-state index in [1.54, 1.807) is 6.07 Å².